The molecule has 1 aromatic carbocycles. The molecule has 1 aliphatic rings. The van der Waals surface area contributed by atoms with Gasteiger partial charge in [-0.05, 0) is 30.5 Å². The van der Waals surface area contributed by atoms with Crippen molar-refractivity contribution in [1.82, 2.24) is 5.32 Å². The van der Waals surface area contributed by atoms with Crippen LogP contribution in [0.1, 0.15) is 49.7 Å². The Balaban J connectivity index is 1.99. The van der Waals surface area contributed by atoms with Gasteiger partial charge in [0.15, 0.2) is 0 Å². The number of hydrogen-bond acceptors (Lipinski definition) is 1. The first-order valence-electron chi connectivity index (χ1n) is 7.06. The summed E-state index contributed by atoms with van der Waals surface area (Å²) in [5.74, 6) is -1.21. The van der Waals surface area contributed by atoms with Crippen LogP contribution in [0.15, 0.2) is 18.2 Å². The fourth-order valence-corrected chi connectivity index (χ4v) is 2.65. The second-order valence-corrected chi connectivity index (χ2v) is 5.38. The highest BCUT2D eigenvalue weighted by molar-refractivity contribution is 5.27. The molecule has 0 heterocycles. The number of hydrogen-bond donors (Lipinski definition) is 1. The summed E-state index contributed by atoms with van der Waals surface area (Å²) in [5.41, 5.74) is -0.708. The summed E-state index contributed by atoms with van der Waals surface area (Å²) >= 11 is 0. The Kier molecular flexibility index (Phi) is 5.02. The van der Waals surface area contributed by atoms with Crippen molar-refractivity contribution in [2.75, 3.05) is 0 Å². The van der Waals surface area contributed by atoms with Gasteiger partial charge in [0.2, 0.25) is 0 Å². The molecule has 1 nitrogen and oxygen atoms in total. The van der Waals surface area contributed by atoms with Gasteiger partial charge in [0.25, 0.3) is 0 Å². The minimum Gasteiger partial charge on any atom is -0.310 e. The molecule has 0 atom stereocenters. The van der Waals surface area contributed by atoms with Gasteiger partial charge in [-0.2, -0.15) is 13.2 Å². The van der Waals surface area contributed by atoms with E-state index in [0.717, 1.165) is 37.8 Å². The van der Waals surface area contributed by atoms with Crippen molar-refractivity contribution in [2.24, 2.45) is 0 Å². The molecule has 0 aromatic heterocycles. The number of alkyl halides is 3. The Morgan fingerprint density at radius 2 is 1.70 bits per heavy atom. The van der Waals surface area contributed by atoms with Crippen LogP contribution < -0.4 is 5.32 Å². The summed E-state index contributed by atoms with van der Waals surface area (Å²) in [6, 6.07) is 3.57. The Hall–Kier alpha value is -1.10. The van der Waals surface area contributed by atoms with E-state index >= 15 is 0 Å². The van der Waals surface area contributed by atoms with E-state index in [4.69, 9.17) is 0 Å². The molecule has 1 fully saturated rings. The molecule has 1 aliphatic carbocycles. The topological polar surface area (TPSA) is 12.0 Å². The number of nitrogens with one attached hydrogen (secondary N) is 1. The van der Waals surface area contributed by atoms with Gasteiger partial charge in [0.1, 0.15) is 5.82 Å². The lowest BCUT2D eigenvalue weighted by atomic mass is 10.1. The predicted octanol–water partition coefficient (Wildman–Crippen LogP) is 4.66. The van der Waals surface area contributed by atoms with Crippen LogP contribution >= 0.6 is 0 Å². The van der Waals surface area contributed by atoms with Gasteiger partial charge in [0, 0.05) is 12.6 Å². The zero-order valence-electron chi connectivity index (χ0n) is 11.3. The SMILES string of the molecule is Fc1ccc(CNC2CCCCCC2)cc1C(F)(F)F. The summed E-state index contributed by atoms with van der Waals surface area (Å²) in [6.45, 7) is 0.355. The van der Waals surface area contributed by atoms with E-state index in [-0.39, 0.29) is 0 Å². The Morgan fingerprint density at radius 1 is 1.05 bits per heavy atom. The lowest BCUT2D eigenvalue weighted by Gasteiger charge is -2.17. The smallest absolute Gasteiger partial charge is 0.310 e. The van der Waals surface area contributed by atoms with Crippen molar-refractivity contribution in [1.29, 1.82) is 0 Å². The molecule has 112 valence electrons. The van der Waals surface area contributed by atoms with Crippen LogP contribution in [0.3, 0.4) is 0 Å². The highest BCUT2D eigenvalue weighted by Crippen LogP contribution is 2.32. The molecule has 1 N–H and O–H groups in total. The molecule has 0 aliphatic heterocycles. The van der Waals surface area contributed by atoms with Crippen LogP contribution in [0, 0.1) is 5.82 Å². The van der Waals surface area contributed by atoms with Crippen LogP contribution in [0.25, 0.3) is 0 Å². The molecule has 0 bridgehead atoms. The van der Waals surface area contributed by atoms with Gasteiger partial charge in [-0.3, -0.25) is 0 Å². The fourth-order valence-electron chi connectivity index (χ4n) is 2.65. The lowest BCUT2D eigenvalue weighted by Crippen LogP contribution is -2.28. The molecule has 0 amide bonds. The van der Waals surface area contributed by atoms with Crippen LogP contribution in [0.5, 0.6) is 0 Å². The molecular weight excluding hydrogens is 270 g/mol. The molecule has 5 heteroatoms. The quantitative estimate of drug-likeness (QED) is 0.630. The fraction of sp³-hybridized carbons (Fsp3) is 0.600. The summed E-state index contributed by atoms with van der Waals surface area (Å²) < 4.78 is 51.0. The van der Waals surface area contributed by atoms with Crippen molar-refractivity contribution in [3.05, 3.63) is 35.1 Å². The molecule has 0 radical (unpaired) electrons. The zero-order valence-corrected chi connectivity index (χ0v) is 11.3. The Bertz CT molecular complexity index is 434. The predicted molar refractivity (Wildman–Crippen MR) is 69.7 cm³/mol. The Morgan fingerprint density at radius 3 is 2.30 bits per heavy atom. The van der Waals surface area contributed by atoms with E-state index in [0.29, 0.717) is 18.2 Å². The summed E-state index contributed by atoms with van der Waals surface area (Å²) in [5, 5.41) is 3.29. The highest BCUT2D eigenvalue weighted by Gasteiger charge is 2.34. The minimum atomic E-state index is -4.64. The van der Waals surface area contributed by atoms with Crippen LogP contribution in [-0.2, 0) is 12.7 Å². The molecule has 1 saturated carbocycles. The molecule has 20 heavy (non-hydrogen) atoms. The third-order valence-electron chi connectivity index (χ3n) is 3.79. The molecule has 2 rings (SSSR count). The van der Waals surface area contributed by atoms with Gasteiger partial charge < -0.3 is 5.32 Å². The van der Waals surface area contributed by atoms with E-state index in [2.05, 4.69) is 5.32 Å². The van der Waals surface area contributed by atoms with Crippen molar-refractivity contribution < 1.29 is 17.6 Å². The summed E-state index contributed by atoms with van der Waals surface area (Å²) in [7, 11) is 0. The lowest BCUT2D eigenvalue weighted by molar-refractivity contribution is -0.140. The second kappa shape index (κ2) is 6.57. The third-order valence-corrected chi connectivity index (χ3v) is 3.79. The van der Waals surface area contributed by atoms with E-state index in [9.17, 15) is 17.6 Å². The largest absolute Gasteiger partial charge is 0.419 e. The van der Waals surface area contributed by atoms with Gasteiger partial charge >= 0.3 is 6.18 Å². The van der Waals surface area contributed by atoms with Crippen LogP contribution in [-0.4, -0.2) is 6.04 Å². The third kappa shape index (κ3) is 4.20. The molecule has 0 unspecified atom stereocenters. The van der Waals surface area contributed by atoms with Crippen LogP contribution in [0.2, 0.25) is 0 Å². The summed E-state index contributed by atoms with van der Waals surface area (Å²) in [6.07, 6.45) is 2.27. The maximum atomic E-state index is 13.2. The van der Waals surface area contributed by atoms with Crippen molar-refractivity contribution >= 4 is 0 Å². The Labute approximate surface area is 116 Å². The van der Waals surface area contributed by atoms with E-state index in [1.165, 1.54) is 18.9 Å². The first kappa shape index (κ1) is 15.3. The maximum Gasteiger partial charge on any atom is 0.419 e. The van der Waals surface area contributed by atoms with E-state index < -0.39 is 17.6 Å². The van der Waals surface area contributed by atoms with E-state index in [1.54, 1.807) is 0 Å². The number of benzene rings is 1. The van der Waals surface area contributed by atoms with Gasteiger partial charge in [0.05, 0.1) is 5.56 Å². The highest BCUT2D eigenvalue weighted by atomic mass is 19.4. The van der Waals surface area contributed by atoms with E-state index in [1.807, 2.05) is 0 Å². The first-order chi connectivity index (χ1) is 9.47. The van der Waals surface area contributed by atoms with Crippen LogP contribution in [0.4, 0.5) is 17.6 Å². The standard InChI is InChI=1S/C15H19F4N/c16-14-8-7-11(9-13(14)15(17,18)19)10-20-12-5-3-1-2-4-6-12/h7-9,12,20H,1-6,10H2. The molecule has 0 spiro atoms. The second-order valence-electron chi connectivity index (χ2n) is 5.38. The van der Waals surface area contributed by atoms with Crippen molar-refractivity contribution in [3.63, 3.8) is 0 Å². The number of rotatable bonds is 3. The molecular formula is C15H19F4N. The first-order valence-corrected chi connectivity index (χ1v) is 7.06. The average molecular weight is 289 g/mol. The van der Waals surface area contributed by atoms with Gasteiger partial charge in [-0.25, -0.2) is 4.39 Å². The average Bonchev–Trinajstić information content (AvgIpc) is 2.65. The summed E-state index contributed by atoms with van der Waals surface area (Å²) in [4.78, 5) is 0. The molecule has 0 saturated heterocycles. The minimum absolute atomic E-state index is 0.355. The monoisotopic (exact) mass is 289 g/mol. The normalized spacial score (nSPS) is 18.0. The van der Waals surface area contributed by atoms with Crippen molar-refractivity contribution in [2.45, 2.75) is 57.3 Å². The van der Waals surface area contributed by atoms with Gasteiger partial charge in [-0.1, -0.05) is 31.7 Å². The number of halogens is 4. The van der Waals surface area contributed by atoms with Crippen molar-refractivity contribution in [3.8, 4) is 0 Å². The van der Waals surface area contributed by atoms with Gasteiger partial charge in [-0.15, -0.1) is 0 Å². The molecule has 1 aromatic rings. The maximum absolute atomic E-state index is 13.2. The zero-order chi connectivity index (χ0) is 14.6.